The summed E-state index contributed by atoms with van der Waals surface area (Å²) < 4.78 is 19.6. The van der Waals surface area contributed by atoms with Crippen LogP contribution in [0.25, 0.3) is 0 Å². The van der Waals surface area contributed by atoms with Crippen LogP contribution in [0, 0.1) is 12.7 Å². The van der Waals surface area contributed by atoms with Gasteiger partial charge in [0.25, 0.3) is 0 Å². The largest absolute Gasteiger partial charge is 0.508 e. The van der Waals surface area contributed by atoms with Crippen molar-refractivity contribution >= 4 is 0 Å². The van der Waals surface area contributed by atoms with Crippen LogP contribution in [0.3, 0.4) is 0 Å². The number of likely N-dealkylation sites (N-methyl/N-ethyl adjacent to an activating group) is 1. The van der Waals surface area contributed by atoms with E-state index >= 15 is 0 Å². The van der Waals surface area contributed by atoms with Crippen LogP contribution in [0.2, 0.25) is 0 Å². The monoisotopic (exact) mass is 317 g/mol. The van der Waals surface area contributed by atoms with E-state index in [2.05, 4.69) is 5.32 Å². The minimum Gasteiger partial charge on any atom is -0.508 e. The van der Waals surface area contributed by atoms with Crippen molar-refractivity contribution in [2.24, 2.45) is 0 Å². The molecule has 122 valence electrons. The molecule has 0 aromatic heterocycles. The van der Waals surface area contributed by atoms with E-state index in [9.17, 15) is 14.6 Å². The average Bonchev–Trinajstić information content (AvgIpc) is 2.73. The minimum absolute atomic E-state index is 0.161. The third kappa shape index (κ3) is 2.90. The number of nitrogens with one attached hydrogen (secondary N) is 1. The van der Waals surface area contributed by atoms with Crippen LogP contribution in [-0.2, 0) is 6.42 Å². The van der Waals surface area contributed by atoms with E-state index in [4.69, 9.17) is 4.74 Å². The molecule has 2 unspecified atom stereocenters. The standard InChI is InChI=1S/C18H20FNO3/c1-11-7-14(21)4-6-16(11)23-17-15-5-3-13(19)8-12(15)9-18(17,22)10-20-2/h3-8,17,20-22H,9-10H2,1-2H3. The van der Waals surface area contributed by atoms with Crippen LogP contribution in [0.1, 0.15) is 22.8 Å². The topological polar surface area (TPSA) is 61.7 Å². The Kier molecular flexibility index (Phi) is 4.00. The number of hydrogen-bond acceptors (Lipinski definition) is 4. The van der Waals surface area contributed by atoms with Gasteiger partial charge in [0.2, 0.25) is 0 Å². The summed E-state index contributed by atoms with van der Waals surface area (Å²) in [6.07, 6.45) is -0.281. The van der Waals surface area contributed by atoms with Gasteiger partial charge in [-0.15, -0.1) is 0 Å². The lowest BCUT2D eigenvalue weighted by Gasteiger charge is -2.31. The van der Waals surface area contributed by atoms with Crippen molar-refractivity contribution in [1.29, 1.82) is 0 Å². The molecule has 0 bridgehead atoms. The van der Waals surface area contributed by atoms with Crippen molar-refractivity contribution in [3.05, 3.63) is 58.9 Å². The summed E-state index contributed by atoms with van der Waals surface area (Å²) in [4.78, 5) is 0. The van der Waals surface area contributed by atoms with Crippen molar-refractivity contribution in [2.75, 3.05) is 13.6 Å². The Hall–Kier alpha value is -2.11. The molecule has 0 spiro atoms. The zero-order valence-corrected chi connectivity index (χ0v) is 13.1. The van der Waals surface area contributed by atoms with Crippen LogP contribution in [0.15, 0.2) is 36.4 Å². The molecule has 23 heavy (non-hydrogen) atoms. The normalized spacial score (nSPS) is 22.9. The fourth-order valence-corrected chi connectivity index (χ4v) is 3.22. The zero-order chi connectivity index (χ0) is 16.6. The lowest BCUT2D eigenvalue weighted by molar-refractivity contribution is -0.0487. The summed E-state index contributed by atoms with van der Waals surface area (Å²) in [5.41, 5.74) is 1.16. The van der Waals surface area contributed by atoms with Gasteiger partial charge in [0, 0.05) is 13.0 Å². The fourth-order valence-electron chi connectivity index (χ4n) is 3.22. The minimum atomic E-state index is -1.16. The summed E-state index contributed by atoms with van der Waals surface area (Å²) in [6.45, 7) is 2.15. The molecular weight excluding hydrogens is 297 g/mol. The van der Waals surface area contributed by atoms with Crippen molar-refractivity contribution < 1.29 is 19.3 Å². The third-order valence-corrected chi connectivity index (χ3v) is 4.26. The number of aromatic hydroxyl groups is 1. The Balaban J connectivity index is 1.99. The SMILES string of the molecule is CNCC1(O)Cc2cc(F)ccc2C1Oc1ccc(O)cc1C. The number of rotatable bonds is 4. The quantitative estimate of drug-likeness (QED) is 0.811. The average molecular weight is 317 g/mol. The van der Waals surface area contributed by atoms with Gasteiger partial charge in [-0.2, -0.15) is 0 Å². The highest BCUT2D eigenvalue weighted by Gasteiger charge is 2.46. The van der Waals surface area contributed by atoms with Gasteiger partial charge in [-0.3, -0.25) is 0 Å². The van der Waals surface area contributed by atoms with Gasteiger partial charge in [-0.25, -0.2) is 4.39 Å². The Labute approximate surface area is 134 Å². The molecule has 3 rings (SSSR count). The Bertz CT molecular complexity index is 734. The number of aliphatic hydroxyl groups is 1. The van der Waals surface area contributed by atoms with E-state index in [1.165, 1.54) is 12.1 Å². The summed E-state index contributed by atoms with van der Waals surface area (Å²) in [5.74, 6) is 0.422. The van der Waals surface area contributed by atoms with Crippen molar-refractivity contribution in [2.45, 2.75) is 25.0 Å². The molecule has 1 aliphatic carbocycles. The maximum Gasteiger partial charge on any atom is 0.154 e. The van der Waals surface area contributed by atoms with Gasteiger partial charge in [0.05, 0.1) is 0 Å². The molecule has 0 aliphatic heterocycles. The van der Waals surface area contributed by atoms with Crippen molar-refractivity contribution in [3.63, 3.8) is 0 Å². The van der Waals surface area contributed by atoms with E-state index in [1.54, 1.807) is 31.3 Å². The van der Waals surface area contributed by atoms with Crippen molar-refractivity contribution in [3.8, 4) is 11.5 Å². The maximum absolute atomic E-state index is 13.5. The number of benzene rings is 2. The maximum atomic E-state index is 13.5. The first-order chi connectivity index (χ1) is 10.9. The zero-order valence-electron chi connectivity index (χ0n) is 13.1. The van der Waals surface area contributed by atoms with Crippen molar-refractivity contribution in [1.82, 2.24) is 5.32 Å². The number of phenols is 1. The number of hydrogen-bond donors (Lipinski definition) is 3. The molecule has 0 saturated carbocycles. The fraction of sp³-hybridized carbons (Fsp3) is 0.333. The van der Waals surface area contributed by atoms with Gasteiger partial charge in [0.1, 0.15) is 22.9 Å². The van der Waals surface area contributed by atoms with Gasteiger partial charge < -0.3 is 20.3 Å². The molecule has 5 heteroatoms. The predicted octanol–water partition coefficient (Wildman–Crippen LogP) is 2.47. The van der Waals surface area contributed by atoms with Crippen LogP contribution in [0.4, 0.5) is 4.39 Å². The molecule has 2 aromatic rings. The van der Waals surface area contributed by atoms with Gasteiger partial charge in [-0.05, 0) is 61.0 Å². The first kappa shape index (κ1) is 15.8. The molecule has 3 N–H and O–H groups in total. The van der Waals surface area contributed by atoms with E-state index in [0.29, 0.717) is 18.7 Å². The first-order valence-corrected chi connectivity index (χ1v) is 7.54. The highest BCUT2D eigenvalue weighted by Crippen LogP contribution is 2.43. The van der Waals surface area contributed by atoms with Gasteiger partial charge >= 0.3 is 0 Å². The molecule has 1 aliphatic rings. The van der Waals surface area contributed by atoms with Crippen LogP contribution >= 0.6 is 0 Å². The molecular formula is C18H20FNO3. The smallest absolute Gasteiger partial charge is 0.154 e. The predicted molar refractivity (Wildman–Crippen MR) is 85.2 cm³/mol. The van der Waals surface area contributed by atoms with Gasteiger partial charge in [0.15, 0.2) is 6.10 Å². The highest BCUT2D eigenvalue weighted by atomic mass is 19.1. The van der Waals surface area contributed by atoms with Crippen LogP contribution < -0.4 is 10.1 Å². The molecule has 0 amide bonds. The lowest BCUT2D eigenvalue weighted by atomic mass is 9.97. The third-order valence-electron chi connectivity index (χ3n) is 4.26. The van der Waals surface area contributed by atoms with E-state index < -0.39 is 11.7 Å². The molecule has 2 atom stereocenters. The van der Waals surface area contributed by atoms with E-state index in [0.717, 1.165) is 16.7 Å². The Morgan fingerprint density at radius 2 is 2.09 bits per heavy atom. The number of fused-ring (bicyclic) bond motifs is 1. The number of ether oxygens (including phenoxy) is 1. The van der Waals surface area contributed by atoms with Gasteiger partial charge in [-0.1, -0.05) is 6.07 Å². The summed E-state index contributed by atoms with van der Waals surface area (Å²) in [7, 11) is 1.75. The highest BCUT2D eigenvalue weighted by molar-refractivity contribution is 5.43. The molecule has 0 heterocycles. The number of phenolic OH excluding ortho intramolecular Hbond substituents is 1. The van der Waals surface area contributed by atoms with Crippen LogP contribution in [0.5, 0.6) is 11.5 Å². The molecule has 0 saturated heterocycles. The summed E-state index contributed by atoms with van der Waals surface area (Å²) in [6, 6.07) is 9.31. The summed E-state index contributed by atoms with van der Waals surface area (Å²) in [5, 5.41) is 23.5. The second-order valence-electron chi connectivity index (χ2n) is 6.10. The van der Waals surface area contributed by atoms with E-state index in [1.807, 2.05) is 6.92 Å². The summed E-state index contributed by atoms with van der Waals surface area (Å²) >= 11 is 0. The molecule has 4 nitrogen and oxygen atoms in total. The number of halogens is 1. The molecule has 0 radical (unpaired) electrons. The number of aryl methyl sites for hydroxylation is 1. The Morgan fingerprint density at radius 1 is 1.30 bits per heavy atom. The molecule has 2 aromatic carbocycles. The van der Waals surface area contributed by atoms with Crippen LogP contribution in [-0.4, -0.2) is 29.4 Å². The second kappa shape index (κ2) is 5.83. The lowest BCUT2D eigenvalue weighted by Crippen LogP contribution is -2.45. The Morgan fingerprint density at radius 3 is 2.78 bits per heavy atom. The first-order valence-electron chi connectivity index (χ1n) is 7.54. The van der Waals surface area contributed by atoms with E-state index in [-0.39, 0.29) is 11.6 Å². The second-order valence-corrected chi connectivity index (χ2v) is 6.10. The molecule has 0 fully saturated rings.